The van der Waals surface area contributed by atoms with Crippen molar-refractivity contribution in [2.24, 2.45) is 0 Å². The number of carbonyl (C=O) groups excluding carboxylic acids is 2. The first-order chi connectivity index (χ1) is 21.8. The van der Waals surface area contributed by atoms with Crippen LogP contribution in [0.15, 0.2) is 72.8 Å². The van der Waals surface area contributed by atoms with Crippen LogP contribution in [0.1, 0.15) is 76.8 Å². The largest absolute Gasteiger partial charge is 0.444 e. The van der Waals surface area contributed by atoms with Crippen molar-refractivity contribution < 1.29 is 18.8 Å². The third-order valence-electron chi connectivity index (χ3n) is 8.52. The van der Waals surface area contributed by atoms with E-state index in [1.165, 1.54) is 5.56 Å². The van der Waals surface area contributed by atoms with E-state index in [0.717, 1.165) is 22.4 Å². The number of hydrogen-bond acceptors (Lipinski definition) is 5. The van der Waals surface area contributed by atoms with Gasteiger partial charge in [0.25, 0.3) is 0 Å². The van der Waals surface area contributed by atoms with Gasteiger partial charge in [-0.05, 0) is 93.7 Å². The molecule has 0 aromatic heterocycles. The number of hydrogen-bond donors (Lipinski definition) is 2. The second-order valence-electron chi connectivity index (χ2n) is 14.9. The summed E-state index contributed by atoms with van der Waals surface area (Å²) in [5.74, 6) is -0.0258. The third kappa shape index (κ3) is 12.3. The van der Waals surface area contributed by atoms with Crippen LogP contribution in [0, 0.1) is 6.92 Å². The zero-order valence-electron chi connectivity index (χ0n) is 29.9. The molecule has 3 aromatic carbocycles. The van der Waals surface area contributed by atoms with Gasteiger partial charge in [0.1, 0.15) is 5.60 Å². The maximum Gasteiger partial charge on any atom is 0.410 e. The second kappa shape index (κ2) is 16.2. The molecule has 0 fully saturated rings. The molecule has 256 valence electrons. The molecule has 47 heavy (non-hydrogen) atoms. The first-order valence-corrected chi connectivity index (χ1v) is 19.7. The number of halogens is 1. The van der Waals surface area contributed by atoms with Gasteiger partial charge in [-0.2, -0.15) is 0 Å². The minimum Gasteiger partial charge on any atom is -0.444 e. The number of rotatable bonds is 13. The van der Waals surface area contributed by atoms with Crippen molar-refractivity contribution >= 4 is 37.6 Å². The lowest BCUT2D eigenvalue weighted by Gasteiger charge is -2.41. The molecule has 0 unspecified atom stereocenters. The summed E-state index contributed by atoms with van der Waals surface area (Å²) in [6.07, 6.45) is -0.487. The fraction of sp³-hybridized carbons (Fsp3) is 0.474. The van der Waals surface area contributed by atoms with Gasteiger partial charge < -0.3 is 24.7 Å². The van der Waals surface area contributed by atoms with Gasteiger partial charge in [-0.15, -0.1) is 0 Å². The lowest BCUT2D eigenvalue weighted by atomic mass is 10.1. The number of carbonyl (C=O) groups is 2. The zero-order chi connectivity index (χ0) is 35.0. The molecule has 2 N–H and O–H groups in total. The quantitative estimate of drug-likeness (QED) is 0.176. The number of benzene rings is 3. The molecular formula is C38H54ClN3O4Si. The second-order valence-corrected chi connectivity index (χ2v) is 20.1. The molecule has 0 bridgehead atoms. The molecule has 0 saturated carbocycles. The summed E-state index contributed by atoms with van der Waals surface area (Å²) in [6, 6.07) is 23.4. The van der Waals surface area contributed by atoms with Crippen molar-refractivity contribution in [3.63, 3.8) is 0 Å². The number of nitrogens with zero attached hydrogens (tertiary/aromatic N) is 1. The smallest absolute Gasteiger partial charge is 0.410 e. The van der Waals surface area contributed by atoms with Crippen LogP contribution >= 0.6 is 11.6 Å². The highest BCUT2D eigenvalue weighted by Crippen LogP contribution is 2.40. The minimum atomic E-state index is -2.23. The summed E-state index contributed by atoms with van der Waals surface area (Å²) in [5.41, 5.74) is 4.36. The van der Waals surface area contributed by atoms with E-state index in [1.54, 1.807) is 4.90 Å². The Morgan fingerprint density at radius 2 is 1.53 bits per heavy atom. The fourth-order valence-electron chi connectivity index (χ4n) is 4.65. The molecule has 2 atom stereocenters. The summed E-state index contributed by atoms with van der Waals surface area (Å²) in [5, 5.41) is 7.06. The summed E-state index contributed by atoms with van der Waals surface area (Å²) < 4.78 is 12.8. The van der Waals surface area contributed by atoms with Gasteiger partial charge in [-0.25, -0.2) is 4.79 Å². The highest BCUT2D eigenvalue weighted by Gasteiger charge is 2.41. The van der Waals surface area contributed by atoms with E-state index < -0.39 is 20.0 Å². The number of aryl methyl sites for hydroxylation is 1. The highest BCUT2D eigenvalue weighted by molar-refractivity contribution is 6.74. The average Bonchev–Trinajstić information content (AvgIpc) is 2.97. The number of anilines is 1. The SMILES string of the molecule is Cc1ccc(CNC(=O)Cc2ccc(NC[C@@H](C)N(C[C@H](O[Si](C)(C)C(C)(C)C)c3cccc(Cl)c3)C(=O)OC(C)(C)C)cc2)cc1. The lowest BCUT2D eigenvalue weighted by molar-refractivity contribution is -0.120. The predicted octanol–water partition coefficient (Wildman–Crippen LogP) is 9.31. The molecule has 0 radical (unpaired) electrons. The Labute approximate surface area is 288 Å². The third-order valence-corrected chi connectivity index (χ3v) is 13.2. The van der Waals surface area contributed by atoms with E-state index in [2.05, 4.69) is 44.5 Å². The fourth-order valence-corrected chi connectivity index (χ4v) is 6.13. The molecule has 7 nitrogen and oxygen atoms in total. The predicted molar refractivity (Wildman–Crippen MR) is 197 cm³/mol. The number of nitrogens with one attached hydrogen (secondary N) is 2. The molecule has 0 heterocycles. The van der Waals surface area contributed by atoms with Gasteiger partial charge in [0.05, 0.1) is 19.1 Å². The molecular weight excluding hydrogens is 626 g/mol. The van der Waals surface area contributed by atoms with Crippen LogP contribution in [0.4, 0.5) is 10.5 Å². The molecule has 0 aliphatic heterocycles. The highest BCUT2D eigenvalue weighted by atomic mass is 35.5. The van der Waals surface area contributed by atoms with Crippen LogP contribution in [0.5, 0.6) is 0 Å². The van der Waals surface area contributed by atoms with Crippen LogP contribution in [-0.4, -0.2) is 50.0 Å². The van der Waals surface area contributed by atoms with Crippen molar-refractivity contribution in [1.29, 1.82) is 0 Å². The van der Waals surface area contributed by atoms with Crippen LogP contribution in [0.2, 0.25) is 23.2 Å². The van der Waals surface area contributed by atoms with E-state index >= 15 is 0 Å². The number of amides is 2. The van der Waals surface area contributed by atoms with Crippen molar-refractivity contribution in [1.82, 2.24) is 10.2 Å². The molecule has 3 rings (SSSR count). The average molecular weight is 680 g/mol. The Morgan fingerprint density at radius 1 is 0.915 bits per heavy atom. The van der Waals surface area contributed by atoms with Crippen LogP contribution < -0.4 is 10.6 Å². The molecule has 3 aromatic rings. The summed E-state index contributed by atoms with van der Waals surface area (Å²) in [7, 11) is -2.23. The Balaban J connectivity index is 1.71. The zero-order valence-corrected chi connectivity index (χ0v) is 31.6. The molecule has 0 spiro atoms. The lowest BCUT2D eigenvalue weighted by Crippen LogP contribution is -2.49. The molecule has 9 heteroatoms. The van der Waals surface area contributed by atoms with Gasteiger partial charge in [0, 0.05) is 29.8 Å². The van der Waals surface area contributed by atoms with Crippen molar-refractivity contribution in [3.8, 4) is 0 Å². The van der Waals surface area contributed by atoms with Crippen LogP contribution in [0.25, 0.3) is 0 Å². The van der Waals surface area contributed by atoms with Gasteiger partial charge >= 0.3 is 6.09 Å². The van der Waals surface area contributed by atoms with Crippen LogP contribution in [0.3, 0.4) is 0 Å². The van der Waals surface area contributed by atoms with E-state index in [9.17, 15) is 9.59 Å². The molecule has 0 saturated heterocycles. The summed E-state index contributed by atoms with van der Waals surface area (Å²) in [6.45, 7) is 22.0. The standard InChI is InChI=1S/C38H54ClN3O4Si/c1-27-14-16-30(17-15-27)25-41-35(43)22-29-18-20-33(21-19-29)40-24-28(2)42(36(44)45-37(3,4)5)26-34(31-12-11-13-32(39)23-31)46-47(9,10)38(6,7)8/h11-21,23,28,34,40H,22,24-26H2,1-10H3,(H,41,43)/t28-,34+/m1/s1. The normalized spacial score (nSPS) is 13.4. The van der Waals surface area contributed by atoms with Crippen molar-refractivity contribution in [2.45, 2.75) is 104 Å². The monoisotopic (exact) mass is 679 g/mol. The van der Waals surface area contributed by atoms with Gasteiger partial charge in [-0.1, -0.05) is 86.5 Å². The van der Waals surface area contributed by atoms with Gasteiger partial charge in [0.15, 0.2) is 8.32 Å². The summed E-state index contributed by atoms with van der Waals surface area (Å²) >= 11 is 6.42. The van der Waals surface area contributed by atoms with Crippen LogP contribution in [-0.2, 0) is 26.9 Å². The Kier molecular flexibility index (Phi) is 13.1. The Morgan fingerprint density at radius 3 is 2.11 bits per heavy atom. The Bertz CT molecular complexity index is 1460. The first kappa shape index (κ1) is 38.1. The van der Waals surface area contributed by atoms with E-state index in [-0.39, 0.29) is 23.1 Å². The Hall–Kier alpha value is -3.33. The minimum absolute atomic E-state index is 0.0258. The van der Waals surface area contributed by atoms with E-state index in [4.69, 9.17) is 20.8 Å². The van der Waals surface area contributed by atoms with Gasteiger partial charge in [-0.3, -0.25) is 4.79 Å². The van der Waals surface area contributed by atoms with Gasteiger partial charge in [0.2, 0.25) is 5.91 Å². The van der Waals surface area contributed by atoms with E-state index in [1.807, 2.05) is 107 Å². The summed E-state index contributed by atoms with van der Waals surface area (Å²) in [4.78, 5) is 28.0. The molecule has 2 amide bonds. The van der Waals surface area contributed by atoms with Crippen molar-refractivity contribution in [3.05, 3.63) is 100 Å². The molecule has 0 aliphatic rings. The first-order valence-electron chi connectivity index (χ1n) is 16.4. The topological polar surface area (TPSA) is 79.9 Å². The maximum absolute atomic E-state index is 13.7. The maximum atomic E-state index is 13.7. The molecule has 0 aliphatic carbocycles. The van der Waals surface area contributed by atoms with Crippen molar-refractivity contribution in [2.75, 3.05) is 18.4 Å². The van der Waals surface area contributed by atoms with E-state index in [0.29, 0.717) is 31.1 Å². The number of ether oxygens (including phenoxy) is 1.